The smallest absolute Gasteiger partial charge is 0.0594 e. The molecule has 104 valence electrons. The van der Waals surface area contributed by atoms with Crippen LogP contribution in [0.5, 0.6) is 0 Å². The number of nitrogens with zero attached hydrogens (tertiary/aromatic N) is 1. The molecule has 0 radical (unpaired) electrons. The first-order valence-electron chi connectivity index (χ1n) is 7.40. The zero-order valence-electron chi connectivity index (χ0n) is 11.8. The molecule has 19 heavy (non-hydrogen) atoms. The average molecular weight is 260 g/mol. The predicted octanol–water partition coefficient (Wildman–Crippen LogP) is 2.07. The van der Waals surface area contributed by atoms with E-state index in [4.69, 9.17) is 10.5 Å². The van der Waals surface area contributed by atoms with Gasteiger partial charge in [-0.25, -0.2) is 0 Å². The van der Waals surface area contributed by atoms with E-state index in [9.17, 15) is 0 Å². The molecule has 0 bridgehead atoms. The third-order valence-corrected chi connectivity index (χ3v) is 4.94. The summed E-state index contributed by atoms with van der Waals surface area (Å²) >= 11 is 0. The van der Waals surface area contributed by atoms with E-state index in [0.29, 0.717) is 12.5 Å². The Bertz CT molecular complexity index is 442. The van der Waals surface area contributed by atoms with Crippen LogP contribution >= 0.6 is 0 Å². The molecule has 1 fully saturated rings. The summed E-state index contributed by atoms with van der Waals surface area (Å²) in [6.07, 6.45) is 2.40. The first-order chi connectivity index (χ1) is 9.28. The second kappa shape index (κ2) is 5.23. The molecule has 1 heterocycles. The van der Waals surface area contributed by atoms with E-state index in [-0.39, 0.29) is 5.54 Å². The fourth-order valence-electron chi connectivity index (χ4n) is 3.76. The Morgan fingerprint density at radius 3 is 2.79 bits per heavy atom. The third-order valence-electron chi connectivity index (χ3n) is 4.94. The van der Waals surface area contributed by atoms with Crippen LogP contribution in [0.25, 0.3) is 0 Å². The minimum Gasteiger partial charge on any atom is -0.379 e. The molecule has 3 rings (SSSR count). The van der Waals surface area contributed by atoms with Crippen molar-refractivity contribution in [2.24, 2.45) is 5.73 Å². The van der Waals surface area contributed by atoms with Crippen LogP contribution in [-0.2, 0) is 10.3 Å². The van der Waals surface area contributed by atoms with Crippen LogP contribution in [0.15, 0.2) is 24.3 Å². The molecular weight excluding hydrogens is 236 g/mol. The molecule has 0 spiro atoms. The van der Waals surface area contributed by atoms with Gasteiger partial charge in [0.2, 0.25) is 0 Å². The predicted molar refractivity (Wildman–Crippen MR) is 77.2 cm³/mol. The summed E-state index contributed by atoms with van der Waals surface area (Å²) < 4.78 is 5.51. The highest BCUT2D eigenvalue weighted by Gasteiger charge is 2.42. The molecule has 1 aliphatic carbocycles. The van der Waals surface area contributed by atoms with Gasteiger partial charge in [0.15, 0.2) is 0 Å². The van der Waals surface area contributed by atoms with Gasteiger partial charge in [0.1, 0.15) is 0 Å². The number of morpholine rings is 1. The Morgan fingerprint density at radius 2 is 2.05 bits per heavy atom. The standard InChI is InChI=1S/C16H24N2O/c1-13-6-7-16(12-17,18-8-10-19-11-9-18)15-5-3-2-4-14(13)15/h2-5,13H,6-12,17H2,1H3. The summed E-state index contributed by atoms with van der Waals surface area (Å²) in [4.78, 5) is 2.56. The fraction of sp³-hybridized carbons (Fsp3) is 0.625. The zero-order valence-corrected chi connectivity index (χ0v) is 11.8. The number of hydrogen-bond acceptors (Lipinski definition) is 3. The summed E-state index contributed by atoms with van der Waals surface area (Å²) in [5.74, 6) is 0.650. The lowest BCUT2D eigenvalue weighted by Gasteiger charge is -2.49. The number of fused-ring (bicyclic) bond motifs is 1. The van der Waals surface area contributed by atoms with E-state index in [2.05, 4.69) is 36.1 Å². The average Bonchev–Trinajstić information content (AvgIpc) is 2.49. The fourth-order valence-corrected chi connectivity index (χ4v) is 3.76. The van der Waals surface area contributed by atoms with Crippen LogP contribution in [0.3, 0.4) is 0 Å². The second-order valence-electron chi connectivity index (χ2n) is 5.86. The molecule has 0 aromatic heterocycles. The van der Waals surface area contributed by atoms with Crippen LogP contribution in [0, 0.1) is 0 Å². The summed E-state index contributed by atoms with van der Waals surface area (Å²) in [5.41, 5.74) is 9.23. The Kier molecular flexibility index (Phi) is 3.61. The van der Waals surface area contributed by atoms with Gasteiger partial charge in [-0.3, -0.25) is 4.90 Å². The first-order valence-corrected chi connectivity index (χ1v) is 7.40. The highest BCUT2D eigenvalue weighted by Crippen LogP contribution is 2.44. The molecule has 2 aliphatic rings. The van der Waals surface area contributed by atoms with Gasteiger partial charge in [-0.2, -0.15) is 0 Å². The molecule has 0 saturated carbocycles. The number of hydrogen-bond donors (Lipinski definition) is 1. The molecule has 2 unspecified atom stereocenters. The van der Waals surface area contributed by atoms with Crippen molar-refractivity contribution in [3.05, 3.63) is 35.4 Å². The van der Waals surface area contributed by atoms with E-state index in [0.717, 1.165) is 26.3 Å². The van der Waals surface area contributed by atoms with Crippen molar-refractivity contribution in [2.45, 2.75) is 31.2 Å². The third kappa shape index (κ3) is 2.10. The molecule has 3 heteroatoms. The Hall–Kier alpha value is -0.900. The van der Waals surface area contributed by atoms with Crippen molar-refractivity contribution in [1.29, 1.82) is 0 Å². The maximum Gasteiger partial charge on any atom is 0.0594 e. The highest BCUT2D eigenvalue weighted by molar-refractivity contribution is 5.39. The van der Waals surface area contributed by atoms with Crippen LogP contribution in [0.4, 0.5) is 0 Å². The highest BCUT2D eigenvalue weighted by atomic mass is 16.5. The van der Waals surface area contributed by atoms with Gasteiger partial charge in [-0.1, -0.05) is 31.2 Å². The Balaban J connectivity index is 2.03. The van der Waals surface area contributed by atoms with Crippen LogP contribution in [-0.4, -0.2) is 37.7 Å². The van der Waals surface area contributed by atoms with Gasteiger partial charge in [0.05, 0.1) is 18.8 Å². The lowest BCUT2D eigenvalue weighted by molar-refractivity contribution is -0.0297. The molecule has 1 aromatic rings. The summed E-state index contributed by atoms with van der Waals surface area (Å²) in [6.45, 7) is 6.70. The lowest BCUT2D eigenvalue weighted by Crippen LogP contribution is -2.56. The van der Waals surface area contributed by atoms with Gasteiger partial charge in [0, 0.05) is 19.6 Å². The van der Waals surface area contributed by atoms with Gasteiger partial charge in [0.25, 0.3) is 0 Å². The van der Waals surface area contributed by atoms with E-state index in [1.807, 2.05) is 0 Å². The van der Waals surface area contributed by atoms with Crippen LogP contribution < -0.4 is 5.73 Å². The first kappa shape index (κ1) is 13.1. The molecular formula is C16H24N2O. The van der Waals surface area contributed by atoms with Crippen molar-refractivity contribution in [2.75, 3.05) is 32.8 Å². The molecule has 0 amide bonds. The summed E-state index contributed by atoms with van der Waals surface area (Å²) in [7, 11) is 0. The van der Waals surface area contributed by atoms with E-state index in [1.54, 1.807) is 0 Å². The van der Waals surface area contributed by atoms with E-state index >= 15 is 0 Å². The van der Waals surface area contributed by atoms with E-state index in [1.165, 1.54) is 24.0 Å². The van der Waals surface area contributed by atoms with Gasteiger partial charge < -0.3 is 10.5 Å². The molecule has 3 nitrogen and oxygen atoms in total. The quantitative estimate of drug-likeness (QED) is 0.884. The summed E-state index contributed by atoms with van der Waals surface area (Å²) in [6, 6.07) is 8.88. The lowest BCUT2D eigenvalue weighted by atomic mass is 9.71. The summed E-state index contributed by atoms with van der Waals surface area (Å²) in [5, 5.41) is 0. The van der Waals surface area contributed by atoms with E-state index < -0.39 is 0 Å². The monoisotopic (exact) mass is 260 g/mol. The number of nitrogens with two attached hydrogens (primary N) is 1. The second-order valence-corrected chi connectivity index (χ2v) is 5.86. The minimum atomic E-state index is 0.0346. The largest absolute Gasteiger partial charge is 0.379 e. The zero-order chi connectivity index (χ0) is 13.3. The minimum absolute atomic E-state index is 0.0346. The molecule has 1 saturated heterocycles. The van der Waals surface area contributed by atoms with Crippen molar-refractivity contribution < 1.29 is 4.74 Å². The maximum atomic E-state index is 6.25. The Labute approximate surface area is 115 Å². The van der Waals surface area contributed by atoms with Crippen molar-refractivity contribution in [3.8, 4) is 0 Å². The molecule has 1 aliphatic heterocycles. The van der Waals surface area contributed by atoms with Crippen molar-refractivity contribution in [1.82, 2.24) is 4.90 Å². The molecule has 2 N–H and O–H groups in total. The maximum absolute atomic E-state index is 6.25. The van der Waals surface area contributed by atoms with Crippen molar-refractivity contribution >= 4 is 0 Å². The van der Waals surface area contributed by atoms with Crippen LogP contribution in [0.2, 0.25) is 0 Å². The van der Waals surface area contributed by atoms with Gasteiger partial charge in [-0.15, -0.1) is 0 Å². The number of ether oxygens (including phenoxy) is 1. The van der Waals surface area contributed by atoms with Gasteiger partial charge in [-0.05, 0) is 29.9 Å². The normalized spacial score (nSPS) is 32.0. The number of benzene rings is 1. The SMILES string of the molecule is CC1CCC(CN)(N2CCOCC2)c2ccccc21. The topological polar surface area (TPSA) is 38.5 Å². The van der Waals surface area contributed by atoms with Crippen LogP contribution in [0.1, 0.15) is 36.8 Å². The molecule has 2 atom stereocenters. The van der Waals surface area contributed by atoms with Crippen molar-refractivity contribution in [3.63, 3.8) is 0 Å². The number of rotatable bonds is 2. The molecule has 1 aromatic carbocycles. The van der Waals surface area contributed by atoms with Gasteiger partial charge >= 0.3 is 0 Å². The Morgan fingerprint density at radius 1 is 1.32 bits per heavy atom.